The van der Waals surface area contributed by atoms with Gasteiger partial charge in [-0.25, -0.2) is 0 Å². The number of benzene rings is 1. The van der Waals surface area contributed by atoms with E-state index in [9.17, 15) is 8.78 Å². The summed E-state index contributed by atoms with van der Waals surface area (Å²) in [6, 6.07) is 7.28. The lowest BCUT2D eigenvalue weighted by Gasteiger charge is -2.42. The molecule has 0 unspecified atom stereocenters. The first kappa shape index (κ1) is 22.4. The zero-order valence-electron chi connectivity index (χ0n) is 13.7. The zero-order chi connectivity index (χ0) is 15.5. The third kappa shape index (κ3) is 6.42. The predicted octanol–water partition coefficient (Wildman–Crippen LogP) is 4.12. The van der Waals surface area contributed by atoms with Gasteiger partial charge in [0, 0.05) is 32.2 Å². The molecule has 1 N–H and O–H groups in total. The quantitative estimate of drug-likeness (QED) is 0.862. The molecule has 134 valence electrons. The molecule has 0 amide bonds. The molecule has 7 heteroatoms. The monoisotopic (exact) mass is 370 g/mol. The van der Waals surface area contributed by atoms with Crippen molar-refractivity contribution in [3.05, 3.63) is 29.8 Å². The fraction of sp³-hybridized carbons (Fsp3) is 0.625. The highest BCUT2D eigenvalue weighted by molar-refractivity contribution is 5.85. The van der Waals surface area contributed by atoms with Crippen LogP contribution in [0.5, 0.6) is 5.75 Å². The Morgan fingerprint density at radius 2 is 1.74 bits per heavy atom. The molecule has 0 aliphatic carbocycles. The summed E-state index contributed by atoms with van der Waals surface area (Å²) in [5.74, 6) is 0.229. The average molecular weight is 371 g/mol. The van der Waals surface area contributed by atoms with Crippen LogP contribution in [-0.4, -0.2) is 37.7 Å². The first-order chi connectivity index (χ1) is 9.88. The molecule has 0 radical (unpaired) electrons. The Bertz CT molecular complexity index is 464. The van der Waals surface area contributed by atoms with E-state index in [-0.39, 0.29) is 42.0 Å². The Kier molecular flexibility index (Phi) is 9.36. The van der Waals surface area contributed by atoms with Crippen LogP contribution in [0.4, 0.5) is 8.78 Å². The fourth-order valence-electron chi connectivity index (χ4n) is 3.06. The van der Waals surface area contributed by atoms with Crippen molar-refractivity contribution in [2.24, 2.45) is 5.41 Å². The first-order valence-electron chi connectivity index (χ1n) is 7.37. The Morgan fingerprint density at radius 1 is 1.13 bits per heavy atom. The molecule has 1 saturated heterocycles. The van der Waals surface area contributed by atoms with E-state index >= 15 is 0 Å². The molecular formula is C16H26Cl2F2N2O. The van der Waals surface area contributed by atoms with E-state index in [1.54, 1.807) is 18.2 Å². The average Bonchev–Trinajstić information content (AvgIpc) is 2.38. The van der Waals surface area contributed by atoms with Gasteiger partial charge in [-0.3, -0.25) is 4.90 Å². The van der Waals surface area contributed by atoms with Gasteiger partial charge < -0.3 is 10.1 Å². The van der Waals surface area contributed by atoms with Crippen molar-refractivity contribution in [1.82, 2.24) is 10.2 Å². The summed E-state index contributed by atoms with van der Waals surface area (Å²) in [5, 5.41) is 3.34. The minimum atomic E-state index is -2.78. The number of ether oxygens (including phenoxy) is 1. The molecule has 0 spiro atoms. The molecule has 2 rings (SSSR count). The molecule has 3 nitrogen and oxygen atoms in total. The molecule has 1 fully saturated rings. The lowest BCUT2D eigenvalue weighted by atomic mass is 9.81. The Balaban J connectivity index is 0.00000242. The second kappa shape index (κ2) is 9.62. The highest BCUT2D eigenvalue weighted by atomic mass is 35.5. The molecule has 23 heavy (non-hydrogen) atoms. The van der Waals surface area contributed by atoms with Crippen LogP contribution in [0.3, 0.4) is 0 Å². The molecule has 0 saturated carbocycles. The summed E-state index contributed by atoms with van der Waals surface area (Å²) < 4.78 is 29.3. The molecular weight excluding hydrogens is 345 g/mol. The molecule has 0 bridgehead atoms. The van der Waals surface area contributed by atoms with E-state index < -0.39 is 6.61 Å². The van der Waals surface area contributed by atoms with Gasteiger partial charge in [0.1, 0.15) is 5.75 Å². The van der Waals surface area contributed by atoms with Crippen LogP contribution in [0.25, 0.3) is 0 Å². The van der Waals surface area contributed by atoms with Gasteiger partial charge in [-0.2, -0.15) is 8.78 Å². The van der Waals surface area contributed by atoms with Crippen molar-refractivity contribution in [1.29, 1.82) is 0 Å². The van der Waals surface area contributed by atoms with Crippen LogP contribution in [-0.2, 0) is 0 Å². The van der Waals surface area contributed by atoms with E-state index in [0.29, 0.717) is 0 Å². The van der Waals surface area contributed by atoms with E-state index in [1.807, 2.05) is 6.07 Å². The summed E-state index contributed by atoms with van der Waals surface area (Å²) in [6.07, 6.45) is 0. The van der Waals surface area contributed by atoms with Crippen molar-refractivity contribution in [3.63, 3.8) is 0 Å². The molecule has 1 aliphatic rings. The van der Waals surface area contributed by atoms with Crippen LogP contribution in [0.15, 0.2) is 24.3 Å². The van der Waals surface area contributed by atoms with Gasteiger partial charge in [-0.1, -0.05) is 32.9 Å². The smallest absolute Gasteiger partial charge is 0.387 e. The maximum Gasteiger partial charge on any atom is 0.387 e. The van der Waals surface area contributed by atoms with E-state index in [1.165, 1.54) is 0 Å². The summed E-state index contributed by atoms with van der Waals surface area (Å²) in [5.41, 5.74) is 1.04. The standard InChI is InChI=1S/C16H24F2N2O.2ClH/c1-16(2,3)14(20-9-7-19-8-10-20)12-5-4-6-13(11-12)21-15(17)18;;/h4-6,11,14-15,19H,7-10H2,1-3H3;2*1H/t14-;;/m1../s1. The summed E-state index contributed by atoms with van der Waals surface area (Å²) in [6.45, 7) is 7.59. The third-order valence-electron chi connectivity index (χ3n) is 3.74. The van der Waals surface area contributed by atoms with Gasteiger partial charge in [0.2, 0.25) is 0 Å². The number of halogens is 4. The fourth-order valence-corrected chi connectivity index (χ4v) is 3.06. The summed E-state index contributed by atoms with van der Waals surface area (Å²) in [7, 11) is 0. The van der Waals surface area contributed by atoms with Crippen LogP contribution < -0.4 is 10.1 Å². The van der Waals surface area contributed by atoms with Crippen molar-refractivity contribution < 1.29 is 13.5 Å². The topological polar surface area (TPSA) is 24.5 Å². The Morgan fingerprint density at radius 3 is 2.26 bits per heavy atom. The van der Waals surface area contributed by atoms with E-state index in [4.69, 9.17) is 0 Å². The normalized spacial score (nSPS) is 17.1. The number of rotatable bonds is 4. The highest BCUT2D eigenvalue weighted by Crippen LogP contribution is 2.39. The first-order valence-corrected chi connectivity index (χ1v) is 7.37. The van der Waals surface area contributed by atoms with Gasteiger partial charge in [0.05, 0.1) is 0 Å². The Labute approximate surface area is 149 Å². The molecule has 1 heterocycles. The van der Waals surface area contributed by atoms with E-state index in [2.05, 4.69) is 35.7 Å². The number of nitrogens with zero attached hydrogens (tertiary/aromatic N) is 1. The summed E-state index contributed by atoms with van der Waals surface area (Å²) in [4.78, 5) is 2.41. The summed E-state index contributed by atoms with van der Waals surface area (Å²) >= 11 is 0. The van der Waals surface area contributed by atoms with Gasteiger partial charge in [-0.15, -0.1) is 24.8 Å². The number of nitrogens with one attached hydrogen (secondary N) is 1. The van der Waals surface area contributed by atoms with Crippen LogP contribution in [0, 0.1) is 5.41 Å². The van der Waals surface area contributed by atoms with Crippen molar-refractivity contribution in [3.8, 4) is 5.75 Å². The minimum absolute atomic E-state index is 0. The largest absolute Gasteiger partial charge is 0.435 e. The molecule has 1 aliphatic heterocycles. The van der Waals surface area contributed by atoms with Crippen LogP contribution >= 0.6 is 24.8 Å². The number of hydrogen-bond acceptors (Lipinski definition) is 3. The molecule has 1 aromatic rings. The third-order valence-corrected chi connectivity index (χ3v) is 3.74. The maximum atomic E-state index is 12.4. The van der Waals surface area contributed by atoms with Crippen molar-refractivity contribution in [2.75, 3.05) is 26.2 Å². The number of alkyl halides is 2. The SMILES string of the molecule is CC(C)(C)[C@@H](c1cccc(OC(F)F)c1)N1CCNCC1.Cl.Cl. The van der Waals surface area contributed by atoms with Crippen LogP contribution in [0.1, 0.15) is 32.4 Å². The van der Waals surface area contributed by atoms with Gasteiger partial charge >= 0.3 is 6.61 Å². The minimum Gasteiger partial charge on any atom is -0.435 e. The number of hydrogen-bond donors (Lipinski definition) is 1. The van der Waals surface area contributed by atoms with E-state index in [0.717, 1.165) is 31.7 Å². The van der Waals surface area contributed by atoms with Gasteiger partial charge in [-0.05, 0) is 23.1 Å². The lowest BCUT2D eigenvalue weighted by Crippen LogP contribution is -2.48. The molecule has 1 atom stereocenters. The number of piperazine rings is 1. The zero-order valence-corrected chi connectivity index (χ0v) is 15.4. The van der Waals surface area contributed by atoms with Crippen molar-refractivity contribution >= 4 is 24.8 Å². The van der Waals surface area contributed by atoms with Gasteiger partial charge in [0.25, 0.3) is 0 Å². The molecule has 1 aromatic carbocycles. The second-order valence-electron chi connectivity index (χ2n) is 6.51. The Hall–Kier alpha value is -0.620. The van der Waals surface area contributed by atoms with Gasteiger partial charge in [0.15, 0.2) is 0 Å². The lowest BCUT2D eigenvalue weighted by molar-refractivity contribution is -0.0499. The highest BCUT2D eigenvalue weighted by Gasteiger charge is 2.32. The van der Waals surface area contributed by atoms with Crippen molar-refractivity contribution in [2.45, 2.75) is 33.4 Å². The second-order valence-corrected chi connectivity index (χ2v) is 6.51. The predicted molar refractivity (Wildman–Crippen MR) is 94.2 cm³/mol. The van der Waals surface area contributed by atoms with Crippen LogP contribution in [0.2, 0.25) is 0 Å². The molecule has 0 aromatic heterocycles. The maximum absolute atomic E-state index is 12.4.